The Hall–Kier alpha value is -0.610. The molecule has 26 heavy (non-hydrogen) atoms. The average molecular weight is 384 g/mol. The van der Waals surface area contributed by atoms with Gasteiger partial charge in [0.1, 0.15) is 0 Å². The summed E-state index contributed by atoms with van der Waals surface area (Å²) in [6.45, 7) is 3.99. The van der Waals surface area contributed by atoms with Crippen LogP contribution in [0.5, 0.6) is 0 Å². The van der Waals surface area contributed by atoms with Crippen LogP contribution in [0.3, 0.4) is 0 Å². The molecule has 0 aliphatic carbocycles. The highest BCUT2D eigenvalue weighted by atomic mass is 35.5. The maximum Gasteiger partial charge on any atom is 0.0721 e. The summed E-state index contributed by atoms with van der Waals surface area (Å²) in [4.78, 5) is 0. The number of aryl methyl sites for hydroxylation is 1. The quantitative estimate of drug-likeness (QED) is 0.469. The molecule has 1 fully saturated rings. The minimum absolute atomic E-state index is 0. The van der Waals surface area contributed by atoms with Gasteiger partial charge in [-0.15, -0.1) is 12.4 Å². The topological polar surface area (TPSA) is 41.5 Å². The fourth-order valence-electron chi connectivity index (χ4n) is 3.53. The van der Waals surface area contributed by atoms with Gasteiger partial charge in [-0.1, -0.05) is 76.1 Å². The summed E-state index contributed by atoms with van der Waals surface area (Å²) in [5.41, 5.74) is 2.68. The molecule has 150 valence electrons. The van der Waals surface area contributed by atoms with Gasteiger partial charge in [0.15, 0.2) is 0 Å². The zero-order chi connectivity index (χ0) is 17.7. The smallest absolute Gasteiger partial charge is 0.0721 e. The van der Waals surface area contributed by atoms with Gasteiger partial charge in [0.2, 0.25) is 0 Å². The van der Waals surface area contributed by atoms with Crippen LogP contribution in [-0.2, 0) is 17.8 Å². The van der Waals surface area contributed by atoms with E-state index in [4.69, 9.17) is 9.84 Å². The van der Waals surface area contributed by atoms with Crippen LogP contribution in [-0.4, -0.2) is 30.4 Å². The van der Waals surface area contributed by atoms with E-state index in [0.29, 0.717) is 6.61 Å². The van der Waals surface area contributed by atoms with Crippen molar-refractivity contribution in [3.05, 3.63) is 35.4 Å². The van der Waals surface area contributed by atoms with Crippen molar-refractivity contribution in [1.29, 1.82) is 0 Å². The molecule has 1 aliphatic heterocycles. The lowest BCUT2D eigenvalue weighted by Crippen LogP contribution is -2.24. The maximum atomic E-state index is 9.13. The zero-order valence-corrected chi connectivity index (χ0v) is 17.2. The van der Waals surface area contributed by atoms with Crippen molar-refractivity contribution in [1.82, 2.24) is 5.32 Å². The molecule has 0 saturated carbocycles. The van der Waals surface area contributed by atoms with Crippen LogP contribution < -0.4 is 5.32 Å². The largest absolute Gasteiger partial charge is 0.395 e. The third-order valence-corrected chi connectivity index (χ3v) is 5.23. The van der Waals surface area contributed by atoms with E-state index in [2.05, 4.69) is 36.5 Å². The van der Waals surface area contributed by atoms with Gasteiger partial charge in [0, 0.05) is 12.6 Å². The number of aliphatic hydroxyl groups is 1. The van der Waals surface area contributed by atoms with Crippen molar-refractivity contribution in [3.63, 3.8) is 0 Å². The van der Waals surface area contributed by atoms with Crippen LogP contribution in [0, 0.1) is 0 Å². The van der Waals surface area contributed by atoms with Gasteiger partial charge in [-0.05, 0) is 30.4 Å². The average Bonchev–Trinajstić information content (AvgIpc) is 3.11. The molecule has 0 unspecified atom stereocenters. The summed E-state index contributed by atoms with van der Waals surface area (Å²) in [5.74, 6) is 0. The first-order chi connectivity index (χ1) is 12.3. The first-order valence-electron chi connectivity index (χ1n) is 10.4. The molecule has 1 heterocycles. The Labute approximate surface area is 166 Å². The number of halogens is 1. The van der Waals surface area contributed by atoms with E-state index in [0.717, 1.165) is 13.0 Å². The van der Waals surface area contributed by atoms with Crippen LogP contribution in [0.1, 0.15) is 75.8 Å². The lowest BCUT2D eigenvalue weighted by molar-refractivity contribution is 0.0512. The molecule has 4 heteroatoms. The summed E-state index contributed by atoms with van der Waals surface area (Å²) < 4.78 is 5.94. The second-order valence-electron chi connectivity index (χ2n) is 7.50. The Morgan fingerprint density at radius 2 is 1.58 bits per heavy atom. The SMILES string of the molecule is CCCCCCCCCCc1ccc(CO[C@H]2CN[C@H](CO)C2)cc1.Cl. The molecule has 3 nitrogen and oxygen atoms in total. The molecule has 1 aliphatic rings. The van der Waals surface area contributed by atoms with E-state index in [1.807, 2.05) is 0 Å². The lowest BCUT2D eigenvalue weighted by atomic mass is 10.0. The summed E-state index contributed by atoms with van der Waals surface area (Å²) in [6.07, 6.45) is 13.4. The Bertz CT molecular complexity index is 452. The highest BCUT2D eigenvalue weighted by molar-refractivity contribution is 5.85. The summed E-state index contributed by atoms with van der Waals surface area (Å²) in [7, 11) is 0. The van der Waals surface area contributed by atoms with Crippen LogP contribution in [0.15, 0.2) is 24.3 Å². The van der Waals surface area contributed by atoms with Crippen molar-refractivity contribution >= 4 is 12.4 Å². The molecule has 0 bridgehead atoms. The molecule has 0 spiro atoms. The molecule has 0 radical (unpaired) electrons. The minimum atomic E-state index is 0. The highest BCUT2D eigenvalue weighted by Crippen LogP contribution is 2.15. The number of hydrogen-bond acceptors (Lipinski definition) is 3. The Balaban J connectivity index is 0.00000338. The van der Waals surface area contributed by atoms with Gasteiger partial charge in [-0.2, -0.15) is 0 Å². The van der Waals surface area contributed by atoms with Gasteiger partial charge in [-0.3, -0.25) is 0 Å². The number of hydrogen-bond donors (Lipinski definition) is 2. The molecule has 1 aromatic carbocycles. The van der Waals surface area contributed by atoms with Crippen LogP contribution in [0.4, 0.5) is 0 Å². The number of rotatable bonds is 13. The molecule has 2 rings (SSSR count). The number of aliphatic hydroxyl groups excluding tert-OH is 1. The Kier molecular flexibility index (Phi) is 13.0. The van der Waals surface area contributed by atoms with Gasteiger partial charge in [-0.25, -0.2) is 0 Å². The Morgan fingerprint density at radius 3 is 2.19 bits per heavy atom. The third kappa shape index (κ3) is 9.36. The fraction of sp³-hybridized carbons (Fsp3) is 0.727. The van der Waals surface area contributed by atoms with Gasteiger partial charge >= 0.3 is 0 Å². The molecule has 1 saturated heterocycles. The van der Waals surface area contributed by atoms with Crippen molar-refractivity contribution in [2.45, 2.75) is 89.9 Å². The molecule has 0 aromatic heterocycles. The van der Waals surface area contributed by atoms with Gasteiger partial charge in [0.25, 0.3) is 0 Å². The van der Waals surface area contributed by atoms with Gasteiger partial charge < -0.3 is 15.2 Å². The van der Waals surface area contributed by atoms with Crippen LogP contribution in [0.25, 0.3) is 0 Å². The molecule has 0 amide bonds. The minimum Gasteiger partial charge on any atom is -0.395 e. The van der Waals surface area contributed by atoms with Crippen molar-refractivity contribution in [2.24, 2.45) is 0 Å². The predicted octanol–water partition coefficient (Wildman–Crippen LogP) is 5.03. The Morgan fingerprint density at radius 1 is 0.962 bits per heavy atom. The molecule has 2 N–H and O–H groups in total. The van der Waals surface area contributed by atoms with E-state index in [1.165, 1.54) is 68.9 Å². The number of unbranched alkanes of at least 4 members (excludes halogenated alkanes) is 7. The van der Waals surface area contributed by atoms with Crippen LogP contribution in [0.2, 0.25) is 0 Å². The summed E-state index contributed by atoms with van der Waals surface area (Å²) in [5, 5.41) is 12.4. The number of ether oxygens (including phenoxy) is 1. The fourth-order valence-corrected chi connectivity index (χ4v) is 3.53. The second kappa shape index (κ2) is 14.4. The lowest BCUT2D eigenvalue weighted by Gasteiger charge is -2.11. The van der Waals surface area contributed by atoms with E-state index in [9.17, 15) is 0 Å². The van der Waals surface area contributed by atoms with Crippen LogP contribution >= 0.6 is 12.4 Å². The standard InChI is InChI=1S/C22H37NO2.ClH/c1-2-3-4-5-6-7-8-9-10-19-11-13-20(14-12-19)18-25-22-15-21(17-24)23-16-22;/h11-14,21-24H,2-10,15-18H2,1H3;1H/t21-,22+;/m0./s1. The monoisotopic (exact) mass is 383 g/mol. The van der Waals surface area contributed by atoms with Gasteiger partial charge in [0.05, 0.1) is 19.3 Å². The first kappa shape index (κ1) is 23.4. The molecular formula is C22H38ClNO2. The zero-order valence-electron chi connectivity index (χ0n) is 16.4. The van der Waals surface area contributed by atoms with Crippen molar-refractivity contribution in [3.8, 4) is 0 Å². The van der Waals surface area contributed by atoms with E-state index in [1.54, 1.807) is 0 Å². The first-order valence-corrected chi connectivity index (χ1v) is 10.4. The van der Waals surface area contributed by atoms with Crippen molar-refractivity contribution in [2.75, 3.05) is 13.2 Å². The molecule has 2 atom stereocenters. The van der Waals surface area contributed by atoms with E-state index < -0.39 is 0 Å². The molecular weight excluding hydrogens is 346 g/mol. The van der Waals surface area contributed by atoms with E-state index in [-0.39, 0.29) is 31.2 Å². The second-order valence-corrected chi connectivity index (χ2v) is 7.50. The molecule has 1 aromatic rings. The highest BCUT2D eigenvalue weighted by Gasteiger charge is 2.23. The maximum absolute atomic E-state index is 9.13. The predicted molar refractivity (Wildman–Crippen MR) is 112 cm³/mol. The summed E-state index contributed by atoms with van der Waals surface area (Å²) in [6, 6.07) is 9.11. The number of nitrogens with one attached hydrogen (secondary N) is 1. The van der Waals surface area contributed by atoms with Crippen molar-refractivity contribution < 1.29 is 9.84 Å². The normalized spacial score (nSPS) is 19.5. The third-order valence-electron chi connectivity index (χ3n) is 5.23. The summed E-state index contributed by atoms with van der Waals surface area (Å²) >= 11 is 0. The van der Waals surface area contributed by atoms with E-state index >= 15 is 0 Å². The number of benzene rings is 1.